The molecule has 1 aliphatic heterocycles. The molecule has 28 heavy (non-hydrogen) atoms. The lowest BCUT2D eigenvalue weighted by Crippen LogP contribution is -2.52. The minimum absolute atomic E-state index is 0. The van der Waals surface area contributed by atoms with Crippen molar-refractivity contribution in [3.63, 3.8) is 0 Å². The zero-order valence-electron chi connectivity index (χ0n) is 17.3. The molecule has 1 aromatic carbocycles. The van der Waals surface area contributed by atoms with Crippen molar-refractivity contribution in [2.45, 2.75) is 26.4 Å². The second-order valence-corrected chi connectivity index (χ2v) is 7.05. The van der Waals surface area contributed by atoms with Crippen LogP contribution in [0.15, 0.2) is 29.3 Å². The second-order valence-electron chi connectivity index (χ2n) is 7.05. The van der Waals surface area contributed by atoms with E-state index < -0.39 is 0 Å². The number of nitrogens with zero attached hydrogens (tertiary/aromatic N) is 2. The van der Waals surface area contributed by atoms with Gasteiger partial charge in [0.1, 0.15) is 0 Å². The maximum atomic E-state index is 11.8. The van der Waals surface area contributed by atoms with Crippen LogP contribution in [-0.4, -0.2) is 69.8 Å². The first kappa shape index (κ1) is 24.6. The van der Waals surface area contributed by atoms with Gasteiger partial charge in [-0.25, -0.2) is 0 Å². The fraction of sp³-hybridized carbons (Fsp3) is 0.600. The van der Waals surface area contributed by atoms with Crippen molar-refractivity contribution < 1.29 is 9.53 Å². The number of morpholine rings is 1. The third-order valence-electron chi connectivity index (χ3n) is 4.86. The lowest BCUT2D eigenvalue weighted by atomic mass is 10.0. The summed E-state index contributed by atoms with van der Waals surface area (Å²) in [5.74, 6) is 1.22. The molecule has 1 aromatic rings. The Morgan fingerprint density at radius 1 is 1.25 bits per heavy atom. The van der Waals surface area contributed by atoms with Gasteiger partial charge < -0.3 is 20.7 Å². The Hall–Kier alpha value is -1.39. The van der Waals surface area contributed by atoms with Gasteiger partial charge in [-0.05, 0) is 23.6 Å². The first-order valence-electron chi connectivity index (χ1n) is 9.62. The predicted molar refractivity (Wildman–Crippen MR) is 124 cm³/mol. The Morgan fingerprint density at radius 2 is 1.96 bits per heavy atom. The molecule has 1 amide bonds. The molecule has 8 heteroatoms. The highest BCUT2D eigenvalue weighted by Crippen LogP contribution is 2.12. The van der Waals surface area contributed by atoms with E-state index in [-0.39, 0.29) is 29.9 Å². The van der Waals surface area contributed by atoms with Gasteiger partial charge in [0.2, 0.25) is 0 Å². The van der Waals surface area contributed by atoms with E-state index in [2.05, 4.69) is 39.7 Å². The van der Waals surface area contributed by atoms with Crippen LogP contribution in [0.2, 0.25) is 0 Å². The molecule has 0 spiro atoms. The first-order chi connectivity index (χ1) is 13.0. The van der Waals surface area contributed by atoms with Crippen LogP contribution < -0.4 is 16.0 Å². The third-order valence-corrected chi connectivity index (χ3v) is 4.86. The summed E-state index contributed by atoms with van der Waals surface area (Å²) in [6.45, 7) is 9.50. The second kappa shape index (κ2) is 12.9. The summed E-state index contributed by atoms with van der Waals surface area (Å²) < 4.78 is 5.47. The van der Waals surface area contributed by atoms with Crippen LogP contribution in [0.4, 0.5) is 0 Å². The fourth-order valence-electron chi connectivity index (χ4n) is 3.27. The topological polar surface area (TPSA) is 78.0 Å². The van der Waals surface area contributed by atoms with E-state index in [4.69, 9.17) is 4.74 Å². The smallest absolute Gasteiger partial charge is 0.251 e. The molecule has 0 bridgehead atoms. The predicted octanol–water partition coefficient (Wildman–Crippen LogP) is 1.69. The Balaban J connectivity index is 0.00000392. The highest BCUT2D eigenvalue weighted by Gasteiger charge is 2.23. The number of guanidine groups is 1. The lowest BCUT2D eigenvalue weighted by Gasteiger charge is -2.37. The molecular formula is C20H34IN5O2. The molecule has 158 valence electrons. The molecule has 0 aliphatic carbocycles. The van der Waals surface area contributed by atoms with Crippen LogP contribution in [0, 0.1) is 5.92 Å². The molecule has 1 atom stereocenters. The summed E-state index contributed by atoms with van der Waals surface area (Å²) in [6, 6.07) is 8.03. The number of nitrogens with one attached hydrogen (secondary N) is 3. The minimum Gasteiger partial charge on any atom is -0.379 e. The van der Waals surface area contributed by atoms with Gasteiger partial charge in [0.15, 0.2) is 5.96 Å². The van der Waals surface area contributed by atoms with Crippen LogP contribution in [-0.2, 0) is 11.3 Å². The molecule has 1 aliphatic rings. The van der Waals surface area contributed by atoms with Gasteiger partial charge in [-0.15, -0.1) is 24.0 Å². The Morgan fingerprint density at radius 3 is 2.57 bits per heavy atom. The highest BCUT2D eigenvalue weighted by molar-refractivity contribution is 14.0. The molecule has 1 saturated heterocycles. The number of ether oxygens (including phenoxy) is 1. The number of carbonyl (C=O) groups is 1. The molecule has 0 radical (unpaired) electrons. The van der Waals surface area contributed by atoms with Crippen molar-refractivity contribution in [2.24, 2.45) is 10.9 Å². The number of aliphatic imine (C=N–C) groups is 1. The van der Waals surface area contributed by atoms with Crippen molar-refractivity contribution in [1.82, 2.24) is 20.9 Å². The van der Waals surface area contributed by atoms with E-state index in [9.17, 15) is 4.79 Å². The quantitative estimate of drug-likeness (QED) is 0.300. The van der Waals surface area contributed by atoms with E-state index in [0.717, 1.165) is 44.4 Å². The van der Waals surface area contributed by atoms with Crippen LogP contribution in [0.3, 0.4) is 0 Å². The summed E-state index contributed by atoms with van der Waals surface area (Å²) in [6.07, 6.45) is 0. The molecule has 1 unspecified atom stereocenters. The normalized spacial score (nSPS) is 16.2. The minimum atomic E-state index is -0.0790. The maximum absolute atomic E-state index is 11.8. The van der Waals surface area contributed by atoms with Crippen molar-refractivity contribution in [2.75, 3.05) is 46.9 Å². The van der Waals surface area contributed by atoms with E-state index in [1.807, 2.05) is 24.3 Å². The SMILES string of the molecule is CN=C(NCc1cccc(C(=O)NC)c1)NCC(C(C)C)N1CCOCC1.I. The number of amides is 1. The molecule has 1 heterocycles. The summed E-state index contributed by atoms with van der Waals surface area (Å²) in [5, 5.41) is 9.43. The summed E-state index contributed by atoms with van der Waals surface area (Å²) >= 11 is 0. The number of rotatable bonds is 7. The highest BCUT2D eigenvalue weighted by atomic mass is 127. The number of hydrogen-bond acceptors (Lipinski definition) is 4. The zero-order chi connectivity index (χ0) is 19.6. The van der Waals surface area contributed by atoms with Crippen LogP contribution >= 0.6 is 24.0 Å². The van der Waals surface area contributed by atoms with Crippen molar-refractivity contribution in [3.05, 3.63) is 35.4 Å². The fourth-order valence-corrected chi connectivity index (χ4v) is 3.27. The molecule has 0 aromatic heterocycles. The van der Waals surface area contributed by atoms with E-state index in [1.54, 1.807) is 14.1 Å². The number of benzene rings is 1. The van der Waals surface area contributed by atoms with E-state index >= 15 is 0 Å². The number of halogens is 1. The Kier molecular flexibility index (Phi) is 11.4. The zero-order valence-corrected chi connectivity index (χ0v) is 19.7. The van der Waals surface area contributed by atoms with Crippen molar-refractivity contribution in [1.29, 1.82) is 0 Å². The van der Waals surface area contributed by atoms with Gasteiger partial charge in [0.05, 0.1) is 13.2 Å². The molecular weight excluding hydrogens is 469 g/mol. The van der Waals surface area contributed by atoms with E-state index in [0.29, 0.717) is 24.1 Å². The summed E-state index contributed by atoms with van der Waals surface area (Å²) in [4.78, 5) is 18.6. The van der Waals surface area contributed by atoms with Crippen molar-refractivity contribution >= 4 is 35.8 Å². The number of carbonyl (C=O) groups excluding carboxylic acids is 1. The molecule has 0 saturated carbocycles. The molecule has 3 N–H and O–H groups in total. The Bertz CT molecular complexity index is 633. The largest absolute Gasteiger partial charge is 0.379 e. The average molecular weight is 503 g/mol. The third kappa shape index (κ3) is 7.56. The van der Waals surface area contributed by atoms with Gasteiger partial charge in [0.25, 0.3) is 5.91 Å². The maximum Gasteiger partial charge on any atom is 0.251 e. The Labute approximate surface area is 185 Å². The van der Waals surface area contributed by atoms with Gasteiger partial charge in [-0.1, -0.05) is 26.0 Å². The van der Waals surface area contributed by atoms with Gasteiger partial charge in [0, 0.05) is 51.9 Å². The van der Waals surface area contributed by atoms with Crippen LogP contribution in [0.25, 0.3) is 0 Å². The molecule has 7 nitrogen and oxygen atoms in total. The first-order valence-corrected chi connectivity index (χ1v) is 9.62. The van der Waals surface area contributed by atoms with Crippen LogP contribution in [0.1, 0.15) is 29.8 Å². The van der Waals surface area contributed by atoms with E-state index in [1.165, 1.54) is 0 Å². The van der Waals surface area contributed by atoms with Gasteiger partial charge in [-0.2, -0.15) is 0 Å². The van der Waals surface area contributed by atoms with Crippen molar-refractivity contribution in [3.8, 4) is 0 Å². The van der Waals surface area contributed by atoms with Gasteiger partial charge >= 0.3 is 0 Å². The summed E-state index contributed by atoms with van der Waals surface area (Å²) in [7, 11) is 3.41. The lowest BCUT2D eigenvalue weighted by molar-refractivity contribution is 0.00752. The van der Waals surface area contributed by atoms with Crippen LogP contribution in [0.5, 0.6) is 0 Å². The monoisotopic (exact) mass is 503 g/mol. The molecule has 2 rings (SSSR count). The summed E-state index contributed by atoms with van der Waals surface area (Å²) in [5.41, 5.74) is 1.69. The van der Waals surface area contributed by atoms with Gasteiger partial charge in [-0.3, -0.25) is 14.7 Å². The average Bonchev–Trinajstić information content (AvgIpc) is 2.70. The molecule has 1 fully saturated rings. The standard InChI is InChI=1S/C20H33N5O2.HI/c1-15(2)18(25-8-10-27-11-9-25)14-24-20(22-4)23-13-16-6-5-7-17(12-16)19(26)21-3;/h5-7,12,15,18H,8-11,13-14H2,1-4H3,(H,21,26)(H2,22,23,24);1H. The number of hydrogen-bond donors (Lipinski definition) is 3.